The molecule has 1 aliphatic carbocycles. The molecule has 1 aromatic carbocycles. The summed E-state index contributed by atoms with van der Waals surface area (Å²) in [4.78, 5) is 23.9. The van der Waals surface area contributed by atoms with Crippen LogP contribution in [0.4, 0.5) is 9.18 Å². The third-order valence-corrected chi connectivity index (χ3v) is 5.24. The zero-order valence-electron chi connectivity index (χ0n) is 14.3. The highest BCUT2D eigenvalue weighted by Crippen LogP contribution is 2.38. The highest BCUT2D eigenvalue weighted by atomic mass is 19.1. The van der Waals surface area contributed by atoms with Crippen molar-refractivity contribution in [1.82, 2.24) is 16.0 Å². The summed E-state index contributed by atoms with van der Waals surface area (Å²) < 4.78 is 18.4. The van der Waals surface area contributed by atoms with Crippen molar-refractivity contribution in [1.29, 1.82) is 0 Å². The van der Waals surface area contributed by atoms with E-state index in [0.29, 0.717) is 12.8 Å². The fourth-order valence-corrected chi connectivity index (χ4v) is 3.63. The van der Waals surface area contributed by atoms with Crippen LogP contribution in [-0.4, -0.2) is 37.2 Å². The lowest BCUT2D eigenvalue weighted by Crippen LogP contribution is -2.69. The molecule has 2 aliphatic rings. The van der Waals surface area contributed by atoms with Gasteiger partial charge in [-0.2, -0.15) is 0 Å². The molecule has 1 aromatic rings. The van der Waals surface area contributed by atoms with E-state index in [1.807, 2.05) is 0 Å². The number of ether oxygens (including phenoxy) is 1. The molecule has 3 rings (SSSR count). The van der Waals surface area contributed by atoms with E-state index in [2.05, 4.69) is 16.0 Å². The lowest BCUT2D eigenvalue weighted by atomic mass is 9.68. The Morgan fingerprint density at radius 1 is 1.40 bits per heavy atom. The smallest absolute Gasteiger partial charge is 0.315 e. The Kier molecular flexibility index (Phi) is 5.22. The molecular formula is C18H24FN3O3. The Balaban J connectivity index is 1.53. The Bertz CT molecular complexity index is 631. The summed E-state index contributed by atoms with van der Waals surface area (Å²) in [5, 5.41) is 8.85. The molecule has 1 spiro atoms. The van der Waals surface area contributed by atoms with Gasteiger partial charge < -0.3 is 20.7 Å². The summed E-state index contributed by atoms with van der Waals surface area (Å²) in [6.07, 6.45) is 3.61. The number of hydrogen-bond acceptors (Lipinski definition) is 3. The number of urea groups is 1. The number of carbonyl (C=O) groups excluding carboxylic acids is 2. The van der Waals surface area contributed by atoms with E-state index < -0.39 is 0 Å². The van der Waals surface area contributed by atoms with Crippen LogP contribution in [0.5, 0.6) is 0 Å². The van der Waals surface area contributed by atoms with Crippen LogP contribution in [0, 0.1) is 5.82 Å². The Labute approximate surface area is 146 Å². The molecule has 2 atom stereocenters. The minimum atomic E-state index is -0.352. The lowest BCUT2D eigenvalue weighted by molar-refractivity contribution is -0.127. The number of carbonyl (C=O) groups is 2. The summed E-state index contributed by atoms with van der Waals surface area (Å²) in [5.41, 5.74) is 0.522. The number of benzene rings is 1. The molecule has 1 aliphatic heterocycles. The van der Waals surface area contributed by atoms with E-state index in [9.17, 15) is 14.0 Å². The second-order valence-corrected chi connectivity index (χ2v) is 6.78. The van der Waals surface area contributed by atoms with Gasteiger partial charge in [-0.1, -0.05) is 12.1 Å². The van der Waals surface area contributed by atoms with Gasteiger partial charge in [0.25, 0.3) is 0 Å². The molecule has 2 unspecified atom stereocenters. The third-order valence-electron chi connectivity index (χ3n) is 5.24. The second-order valence-electron chi connectivity index (χ2n) is 6.78. The summed E-state index contributed by atoms with van der Waals surface area (Å²) in [5.74, 6) is -0.247. The largest absolute Gasteiger partial charge is 0.375 e. The fraction of sp³-hybridized carbons (Fsp3) is 0.556. The van der Waals surface area contributed by atoms with Crippen LogP contribution in [0.15, 0.2) is 24.3 Å². The number of amides is 3. The van der Waals surface area contributed by atoms with Gasteiger partial charge in [-0.3, -0.25) is 4.79 Å². The predicted octanol–water partition coefficient (Wildman–Crippen LogP) is 2.01. The number of hydrogen-bond donors (Lipinski definition) is 3. The quantitative estimate of drug-likeness (QED) is 0.761. The normalized spacial score (nSPS) is 22.6. The van der Waals surface area contributed by atoms with E-state index in [4.69, 9.17) is 4.74 Å². The minimum Gasteiger partial charge on any atom is -0.375 e. The van der Waals surface area contributed by atoms with Gasteiger partial charge in [-0.15, -0.1) is 0 Å². The molecule has 1 saturated heterocycles. The Morgan fingerprint density at radius 2 is 2.12 bits per heavy atom. The molecule has 136 valence electrons. The van der Waals surface area contributed by atoms with Gasteiger partial charge >= 0.3 is 6.03 Å². The summed E-state index contributed by atoms with van der Waals surface area (Å²) in [6, 6.07) is 5.69. The maximum atomic E-state index is 13.0. The first kappa shape index (κ1) is 17.7. The highest BCUT2D eigenvalue weighted by molar-refractivity contribution is 5.79. The topological polar surface area (TPSA) is 79.5 Å². The third kappa shape index (κ3) is 3.92. The zero-order valence-corrected chi connectivity index (χ0v) is 14.3. The zero-order chi connectivity index (χ0) is 17.9. The number of piperidine rings is 1. The molecule has 25 heavy (non-hydrogen) atoms. The van der Waals surface area contributed by atoms with Crippen LogP contribution >= 0.6 is 0 Å². The predicted molar refractivity (Wildman–Crippen MR) is 90.4 cm³/mol. The van der Waals surface area contributed by atoms with Gasteiger partial charge in [0.05, 0.1) is 17.7 Å². The monoisotopic (exact) mass is 349 g/mol. The van der Waals surface area contributed by atoms with Gasteiger partial charge in [0.2, 0.25) is 5.91 Å². The van der Waals surface area contributed by atoms with Gasteiger partial charge in [-0.25, -0.2) is 9.18 Å². The molecule has 3 N–H and O–H groups in total. The molecule has 1 heterocycles. The van der Waals surface area contributed by atoms with Crippen molar-refractivity contribution in [2.75, 3.05) is 13.7 Å². The molecule has 3 amide bonds. The van der Waals surface area contributed by atoms with E-state index in [1.165, 1.54) is 12.1 Å². The van der Waals surface area contributed by atoms with Crippen LogP contribution in [0.2, 0.25) is 0 Å². The van der Waals surface area contributed by atoms with Crippen molar-refractivity contribution < 1.29 is 18.7 Å². The first-order valence-corrected chi connectivity index (χ1v) is 8.66. The SMILES string of the molecule is COC(CNC(=O)NC1CCC(=O)NC12CCC2)c1ccc(F)cc1. The van der Waals surface area contributed by atoms with Crippen molar-refractivity contribution in [2.45, 2.75) is 49.8 Å². The van der Waals surface area contributed by atoms with E-state index in [-0.39, 0.29) is 42.0 Å². The number of rotatable bonds is 5. The van der Waals surface area contributed by atoms with Crippen LogP contribution in [0.3, 0.4) is 0 Å². The lowest BCUT2D eigenvalue weighted by Gasteiger charge is -2.50. The minimum absolute atomic E-state index is 0.0502. The van der Waals surface area contributed by atoms with E-state index in [0.717, 1.165) is 24.8 Å². The van der Waals surface area contributed by atoms with Gasteiger partial charge in [0.1, 0.15) is 5.82 Å². The highest BCUT2D eigenvalue weighted by Gasteiger charge is 2.48. The summed E-state index contributed by atoms with van der Waals surface area (Å²) >= 11 is 0. The molecule has 2 fully saturated rings. The van der Waals surface area contributed by atoms with Crippen LogP contribution < -0.4 is 16.0 Å². The van der Waals surface area contributed by atoms with Crippen molar-refractivity contribution in [3.8, 4) is 0 Å². The molecule has 1 saturated carbocycles. The van der Waals surface area contributed by atoms with Gasteiger partial charge in [-0.05, 0) is 43.4 Å². The average molecular weight is 349 g/mol. The molecule has 7 heteroatoms. The molecule has 0 aromatic heterocycles. The Morgan fingerprint density at radius 3 is 2.72 bits per heavy atom. The van der Waals surface area contributed by atoms with Crippen LogP contribution in [-0.2, 0) is 9.53 Å². The van der Waals surface area contributed by atoms with Gasteiger partial charge in [0, 0.05) is 20.1 Å². The van der Waals surface area contributed by atoms with E-state index >= 15 is 0 Å². The van der Waals surface area contributed by atoms with Crippen LogP contribution in [0.25, 0.3) is 0 Å². The molecule has 6 nitrogen and oxygen atoms in total. The fourth-order valence-electron chi connectivity index (χ4n) is 3.63. The van der Waals surface area contributed by atoms with Crippen molar-refractivity contribution in [3.05, 3.63) is 35.6 Å². The maximum Gasteiger partial charge on any atom is 0.315 e. The maximum absolute atomic E-state index is 13.0. The standard InChI is InChI=1S/C18H24FN3O3/c1-25-14(12-3-5-13(19)6-4-12)11-20-17(24)21-15-7-8-16(23)22-18(15)9-2-10-18/h3-6,14-15H,2,7-11H2,1H3,(H,22,23)(H2,20,21,24). The molecular weight excluding hydrogens is 325 g/mol. The number of halogens is 1. The summed E-state index contributed by atoms with van der Waals surface area (Å²) in [7, 11) is 1.55. The molecule has 0 radical (unpaired) electrons. The van der Waals surface area contributed by atoms with E-state index in [1.54, 1.807) is 19.2 Å². The second kappa shape index (κ2) is 7.39. The van der Waals surface area contributed by atoms with Gasteiger partial charge in [0.15, 0.2) is 0 Å². The number of methoxy groups -OCH3 is 1. The van der Waals surface area contributed by atoms with Crippen molar-refractivity contribution >= 4 is 11.9 Å². The van der Waals surface area contributed by atoms with Crippen LogP contribution in [0.1, 0.15) is 43.8 Å². The first-order valence-electron chi connectivity index (χ1n) is 8.66. The first-order chi connectivity index (χ1) is 12.0. The Hall–Kier alpha value is -2.15. The summed E-state index contributed by atoms with van der Waals surface area (Å²) in [6.45, 7) is 0.278. The number of nitrogens with one attached hydrogen (secondary N) is 3. The van der Waals surface area contributed by atoms with Crippen molar-refractivity contribution in [2.24, 2.45) is 0 Å². The average Bonchev–Trinajstić information content (AvgIpc) is 2.57. The van der Waals surface area contributed by atoms with Crippen molar-refractivity contribution in [3.63, 3.8) is 0 Å². The molecule has 0 bridgehead atoms.